The fourth-order valence-electron chi connectivity index (χ4n) is 3.51. The molecule has 1 aliphatic heterocycles. The molecule has 0 spiro atoms. The van der Waals surface area contributed by atoms with Crippen molar-refractivity contribution in [3.05, 3.63) is 53.6 Å². The van der Waals surface area contributed by atoms with Crippen molar-refractivity contribution in [2.45, 2.75) is 38.7 Å². The highest BCUT2D eigenvalue weighted by molar-refractivity contribution is 5.65. The molecule has 0 amide bonds. The van der Waals surface area contributed by atoms with E-state index in [1.165, 1.54) is 12.8 Å². The predicted molar refractivity (Wildman–Crippen MR) is 94.7 cm³/mol. The van der Waals surface area contributed by atoms with E-state index in [0.29, 0.717) is 17.0 Å². The number of alkyl halides is 1. The minimum atomic E-state index is -1.28. The lowest BCUT2D eigenvalue weighted by Crippen LogP contribution is -2.20. The molecule has 0 N–H and O–H groups in total. The van der Waals surface area contributed by atoms with Crippen LogP contribution in [0.25, 0.3) is 11.1 Å². The minimum absolute atomic E-state index is 0.0750. The zero-order chi connectivity index (χ0) is 18.5. The van der Waals surface area contributed by atoms with Gasteiger partial charge in [0.2, 0.25) is 6.86 Å². The lowest BCUT2D eigenvalue weighted by Gasteiger charge is -2.29. The van der Waals surface area contributed by atoms with Crippen LogP contribution in [0.2, 0.25) is 0 Å². The molecule has 1 saturated heterocycles. The summed E-state index contributed by atoms with van der Waals surface area (Å²) in [6.45, 7) is 1.70. The fraction of sp³-hybridized carbons (Fsp3) is 0.429. The quantitative estimate of drug-likeness (QED) is 0.607. The first kappa shape index (κ1) is 18.8. The Morgan fingerprint density at radius 3 is 2.27 bits per heavy atom. The summed E-state index contributed by atoms with van der Waals surface area (Å²) in [4.78, 5) is 0. The van der Waals surface area contributed by atoms with Gasteiger partial charge in [-0.15, -0.1) is 0 Å². The van der Waals surface area contributed by atoms with Gasteiger partial charge in [-0.3, -0.25) is 0 Å². The van der Waals surface area contributed by atoms with Crippen molar-refractivity contribution in [2.24, 2.45) is 5.92 Å². The molecule has 2 aromatic carbocycles. The molecule has 1 heterocycles. The Balaban J connectivity index is 1.72. The maximum atomic E-state index is 13.9. The third-order valence-corrected chi connectivity index (χ3v) is 4.88. The van der Waals surface area contributed by atoms with Gasteiger partial charge in [0, 0.05) is 0 Å². The Kier molecular flexibility index (Phi) is 6.20. The second kappa shape index (κ2) is 8.58. The summed E-state index contributed by atoms with van der Waals surface area (Å²) in [5.74, 6) is -1.88. The van der Waals surface area contributed by atoms with Gasteiger partial charge in [-0.1, -0.05) is 37.6 Å². The molecule has 0 aliphatic carbocycles. The monoisotopic (exact) mass is 364 g/mol. The Bertz CT molecular complexity index is 700. The molecule has 0 aromatic heterocycles. The molecule has 2 unspecified atom stereocenters. The highest BCUT2D eigenvalue weighted by Crippen LogP contribution is 2.34. The molecule has 2 atom stereocenters. The summed E-state index contributed by atoms with van der Waals surface area (Å²) >= 11 is 0. The number of hydrogen-bond donors (Lipinski definition) is 0. The Hall–Kier alpha value is -2.01. The molecule has 26 heavy (non-hydrogen) atoms. The van der Waals surface area contributed by atoms with E-state index in [2.05, 4.69) is 11.7 Å². The average molecular weight is 364 g/mol. The molecule has 3 rings (SSSR count). The van der Waals surface area contributed by atoms with Crippen LogP contribution in [0.1, 0.15) is 44.3 Å². The Morgan fingerprint density at radius 1 is 1.04 bits per heavy atom. The van der Waals surface area contributed by atoms with Gasteiger partial charge in [0.15, 0.2) is 17.4 Å². The second-order valence-corrected chi connectivity index (χ2v) is 6.70. The maximum Gasteiger partial charge on any atom is 0.228 e. The van der Waals surface area contributed by atoms with E-state index >= 15 is 0 Å². The van der Waals surface area contributed by atoms with Gasteiger partial charge in [0.1, 0.15) is 0 Å². The fourth-order valence-corrected chi connectivity index (χ4v) is 3.51. The zero-order valence-corrected chi connectivity index (χ0v) is 14.8. The van der Waals surface area contributed by atoms with Crippen LogP contribution in [0, 0.1) is 17.6 Å². The SMILES string of the molecule is CCCC1CCC(c2ccc(-c3cc(F)c(OCF)c(F)c3)cc2)OC1. The van der Waals surface area contributed by atoms with Gasteiger partial charge in [-0.2, -0.15) is 0 Å². The van der Waals surface area contributed by atoms with E-state index in [-0.39, 0.29) is 6.10 Å². The second-order valence-electron chi connectivity index (χ2n) is 6.70. The number of hydrogen-bond acceptors (Lipinski definition) is 2. The summed E-state index contributed by atoms with van der Waals surface area (Å²) in [6, 6.07) is 9.80. The molecule has 1 aliphatic rings. The molecule has 5 heteroatoms. The highest BCUT2D eigenvalue weighted by atomic mass is 19.1. The summed E-state index contributed by atoms with van der Waals surface area (Å²) in [7, 11) is 0. The predicted octanol–water partition coefficient (Wildman–Crippen LogP) is 6.21. The number of halogens is 3. The topological polar surface area (TPSA) is 18.5 Å². The van der Waals surface area contributed by atoms with Crippen molar-refractivity contribution in [1.29, 1.82) is 0 Å². The number of rotatable bonds is 6. The molecule has 1 fully saturated rings. The lowest BCUT2D eigenvalue weighted by atomic mass is 9.91. The van der Waals surface area contributed by atoms with Crippen molar-refractivity contribution in [3.63, 3.8) is 0 Å². The lowest BCUT2D eigenvalue weighted by molar-refractivity contribution is -0.0194. The molecule has 0 radical (unpaired) electrons. The van der Waals surface area contributed by atoms with Crippen molar-refractivity contribution < 1.29 is 22.6 Å². The van der Waals surface area contributed by atoms with E-state index in [4.69, 9.17) is 4.74 Å². The molecule has 0 saturated carbocycles. The molecular weight excluding hydrogens is 341 g/mol. The first-order chi connectivity index (χ1) is 12.6. The first-order valence-corrected chi connectivity index (χ1v) is 9.02. The van der Waals surface area contributed by atoms with E-state index in [1.807, 2.05) is 24.3 Å². The summed E-state index contributed by atoms with van der Waals surface area (Å²) in [5, 5.41) is 0. The van der Waals surface area contributed by atoms with Gasteiger partial charge < -0.3 is 9.47 Å². The van der Waals surface area contributed by atoms with Gasteiger partial charge in [-0.05, 0) is 54.0 Å². The van der Waals surface area contributed by atoms with E-state index in [0.717, 1.165) is 37.1 Å². The van der Waals surface area contributed by atoms with Crippen LogP contribution in [-0.2, 0) is 4.74 Å². The van der Waals surface area contributed by atoms with E-state index in [9.17, 15) is 13.2 Å². The van der Waals surface area contributed by atoms with Crippen LogP contribution >= 0.6 is 0 Å². The average Bonchev–Trinajstić information content (AvgIpc) is 2.66. The van der Waals surface area contributed by atoms with Crippen molar-refractivity contribution in [1.82, 2.24) is 0 Å². The highest BCUT2D eigenvalue weighted by Gasteiger charge is 2.22. The summed E-state index contributed by atoms with van der Waals surface area (Å²) in [5.41, 5.74) is 2.13. The van der Waals surface area contributed by atoms with E-state index < -0.39 is 24.2 Å². The Labute approximate surface area is 151 Å². The minimum Gasteiger partial charge on any atom is -0.457 e. The third kappa shape index (κ3) is 4.21. The summed E-state index contributed by atoms with van der Waals surface area (Å²) < 4.78 is 50.3. The molecule has 140 valence electrons. The Morgan fingerprint density at radius 2 is 1.73 bits per heavy atom. The summed E-state index contributed by atoms with van der Waals surface area (Å²) in [6.07, 6.45) is 4.60. The molecule has 0 bridgehead atoms. The molecule has 2 nitrogen and oxygen atoms in total. The van der Waals surface area contributed by atoms with Crippen molar-refractivity contribution in [3.8, 4) is 16.9 Å². The van der Waals surface area contributed by atoms with Crippen LogP contribution in [0.4, 0.5) is 13.2 Å². The van der Waals surface area contributed by atoms with Crippen molar-refractivity contribution >= 4 is 0 Å². The standard InChI is InChI=1S/C21H23F3O2/c1-2-3-14-4-9-20(25-12-14)16-7-5-15(6-8-16)17-10-18(23)21(26-13-22)19(24)11-17/h5-8,10-11,14,20H,2-4,9,12-13H2,1H3. The zero-order valence-electron chi connectivity index (χ0n) is 14.8. The van der Waals surface area contributed by atoms with Gasteiger partial charge in [0.25, 0.3) is 0 Å². The smallest absolute Gasteiger partial charge is 0.228 e. The molecular formula is C21H23F3O2. The van der Waals surface area contributed by atoms with Crippen LogP contribution in [0.15, 0.2) is 36.4 Å². The third-order valence-electron chi connectivity index (χ3n) is 4.88. The van der Waals surface area contributed by atoms with Crippen LogP contribution < -0.4 is 4.74 Å². The number of ether oxygens (including phenoxy) is 2. The number of benzene rings is 2. The van der Waals surface area contributed by atoms with Crippen LogP contribution in [0.5, 0.6) is 5.75 Å². The molecule has 2 aromatic rings. The maximum absolute atomic E-state index is 13.9. The van der Waals surface area contributed by atoms with Crippen molar-refractivity contribution in [2.75, 3.05) is 13.5 Å². The first-order valence-electron chi connectivity index (χ1n) is 9.02. The van der Waals surface area contributed by atoms with Gasteiger partial charge >= 0.3 is 0 Å². The van der Waals surface area contributed by atoms with Crippen LogP contribution in [0.3, 0.4) is 0 Å². The van der Waals surface area contributed by atoms with Crippen LogP contribution in [-0.4, -0.2) is 13.5 Å². The van der Waals surface area contributed by atoms with Gasteiger partial charge in [0.05, 0.1) is 12.7 Å². The largest absolute Gasteiger partial charge is 0.457 e. The van der Waals surface area contributed by atoms with Gasteiger partial charge in [-0.25, -0.2) is 13.2 Å². The van der Waals surface area contributed by atoms with E-state index in [1.54, 1.807) is 0 Å². The normalized spacial score (nSPS) is 20.2.